The van der Waals surface area contributed by atoms with E-state index in [4.69, 9.17) is 4.74 Å². The van der Waals surface area contributed by atoms with Crippen LogP contribution < -0.4 is 0 Å². The van der Waals surface area contributed by atoms with Gasteiger partial charge in [-0.25, -0.2) is 4.79 Å². The highest BCUT2D eigenvalue weighted by Crippen LogP contribution is 2.13. The summed E-state index contributed by atoms with van der Waals surface area (Å²) in [6.07, 6.45) is 11.0. The Bertz CT molecular complexity index is 479. The van der Waals surface area contributed by atoms with Crippen molar-refractivity contribution in [1.82, 2.24) is 0 Å². The smallest absolute Gasteiger partial charge is 0.337 e. The number of hydrogen-bond acceptors (Lipinski definition) is 4. The topological polar surface area (TPSA) is 52.6 Å². The highest BCUT2D eigenvalue weighted by Gasteiger charge is 2.04. The number of ether oxygens (including phenoxy) is 2. The number of unbranched alkanes of at least 4 members (excludes halogenated alkanes) is 7. The molecule has 0 fully saturated rings. The third-order valence-corrected chi connectivity index (χ3v) is 4.20. The molecule has 1 aromatic carbocycles. The molecule has 0 saturated carbocycles. The van der Waals surface area contributed by atoms with E-state index in [1.165, 1.54) is 58.3 Å². The van der Waals surface area contributed by atoms with Crippen LogP contribution in [0, 0.1) is 0 Å². The minimum absolute atomic E-state index is 0.102. The minimum atomic E-state index is -0.284. The maximum Gasteiger partial charge on any atom is 0.337 e. The number of carbonyl (C=O) groups excluding carboxylic acids is 2. The first-order valence-corrected chi connectivity index (χ1v) is 8.91. The highest BCUT2D eigenvalue weighted by atomic mass is 16.5. The number of rotatable bonds is 12. The van der Waals surface area contributed by atoms with Crippen LogP contribution in [0.25, 0.3) is 0 Å². The second kappa shape index (κ2) is 12.6. The normalized spacial score (nSPS) is 10.4. The quantitative estimate of drug-likeness (QED) is 0.411. The Morgan fingerprint density at radius 3 is 1.83 bits per heavy atom. The fourth-order valence-electron chi connectivity index (χ4n) is 2.69. The van der Waals surface area contributed by atoms with Crippen molar-refractivity contribution in [3.05, 3.63) is 35.4 Å². The van der Waals surface area contributed by atoms with Crippen LogP contribution in [0.15, 0.2) is 24.3 Å². The average Bonchev–Trinajstić information content (AvgIpc) is 2.62. The number of esters is 2. The van der Waals surface area contributed by atoms with E-state index in [9.17, 15) is 9.59 Å². The van der Waals surface area contributed by atoms with Gasteiger partial charge in [0.2, 0.25) is 0 Å². The Morgan fingerprint density at radius 2 is 1.29 bits per heavy atom. The molecule has 0 aliphatic rings. The molecule has 0 N–H and O–H groups in total. The van der Waals surface area contributed by atoms with Gasteiger partial charge in [-0.1, -0.05) is 50.7 Å². The van der Waals surface area contributed by atoms with Gasteiger partial charge < -0.3 is 9.47 Å². The second-order valence-electron chi connectivity index (χ2n) is 6.09. The van der Waals surface area contributed by atoms with Crippen molar-refractivity contribution < 1.29 is 19.1 Å². The Morgan fingerprint density at radius 1 is 0.750 bits per heavy atom. The predicted octanol–water partition coefficient (Wildman–Crippen LogP) is 4.70. The molecule has 0 aliphatic carbocycles. The summed E-state index contributed by atoms with van der Waals surface area (Å²) in [5.41, 5.74) is 1.87. The molecule has 4 nitrogen and oxygen atoms in total. The Kier molecular flexibility index (Phi) is 10.6. The monoisotopic (exact) mass is 334 g/mol. The van der Waals surface area contributed by atoms with Crippen molar-refractivity contribution in [2.75, 3.05) is 14.2 Å². The number of aryl methyl sites for hydroxylation is 1. The molecule has 4 heteroatoms. The Hall–Kier alpha value is -1.84. The first-order valence-electron chi connectivity index (χ1n) is 8.91. The van der Waals surface area contributed by atoms with E-state index >= 15 is 0 Å². The van der Waals surface area contributed by atoms with Crippen LogP contribution in [0.3, 0.4) is 0 Å². The minimum Gasteiger partial charge on any atom is -0.469 e. The van der Waals surface area contributed by atoms with E-state index in [-0.39, 0.29) is 11.9 Å². The predicted molar refractivity (Wildman–Crippen MR) is 95.1 cm³/mol. The third-order valence-electron chi connectivity index (χ3n) is 4.20. The third kappa shape index (κ3) is 8.70. The van der Waals surface area contributed by atoms with Crippen LogP contribution in [0.2, 0.25) is 0 Å². The molecule has 0 bridgehead atoms. The largest absolute Gasteiger partial charge is 0.469 e. The standard InChI is InChI=1S/C20H30O4/c1-23-19(21)12-10-8-6-4-3-5-7-9-11-17-13-15-18(16-14-17)20(22)24-2/h13-16H,3-12H2,1-2H3. The first-order chi connectivity index (χ1) is 11.7. The fraction of sp³-hybridized carbons (Fsp3) is 0.600. The summed E-state index contributed by atoms with van der Waals surface area (Å²) < 4.78 is 9.31. The molecular formula is C20H30O4. The van der Waals surface area contributed by atoms with Gasteiger partial charge in [-0.2, -0.15) is 0 Å². The van der Waals surface area contributed by atoms with Gasteiger partial charge in [-0.15, -0.1) is 0 Å². The van der Waals surface area contributed by atoms with Gasteiger partial charge in [0.05, 0.1) is 19.8 Å². The van der Waals surface area contributed by atoms with Crippen LogP contribution in [-0.4, -0.2) is 26.2 Å². The maximum atomic E-state index is 11.4. The van der Waals surface area contributed by atoms with Gasteiger partial charge in [0, 0.05) is 6.42 Å². The average molecular weight is 334 g/mol. The van der Waals surface area contributed by atoms with E-state index in [0.29, 0.717) is 12.0 Å². The molecule has 0 aromatic heterocycles. The van der Waals surface area contributed by atoms with Crippen molar-refractivity contribution in [1.29, 1.82) is 0 Å². The summed E-state index contributed by atoms with van der Waals surface area (Å²) in [6, 6.07) is 7.67. The fourth-order valence-corrected chi connectivity index (χ4v) is 2.69. The van der Waals surface area contributed by atoms with Gasteiger partial charge in [-0.05, 0) is 37.0 Å². The lowest BCUT2D eigenvalue weighted by molar-refractivity contribution is -0.140. The molecule has 0 saturated heterocycles. The Labute approximate surface area is 145 Å². The second-order valence-corrected chi connectivity index (χ2v) is 6.09. The summed E-state index contributed by atoms with van der Waals surface area (Å²) in [7, 11) is 2.84. The number of carbonyl (C=O) groups is 2. The van der Waals surface area contributed by atoms with Crippen molar-refractivity contribution in [2.24, 2.45) is 0 Å². The molecule has 0 aliphatic heterocycles. The zero-order valence-corrected chi connectivity index (χ0v) is 15.0. The summed E-state index contributed by atoms with van der Waals surface area (Å²) in [5.74, 6) is -0.386. The van der Waals surface area contributed by atoms with Gasteiger partial charge in [0.25, 0.3) is 0 Å². The van der Waals surface area contributed by atoms with Crippen molar-refractivity contribution in [2.45, 2.75) is 64.2 Å². The van der Waals surface area contributed by atoms with Gasteiger partial charge in [-0.3, -0.25) is 4.79 Å². The van der Waals surface area contributed by atoms with Crippen molar-refractivity contribution in [3.8, 4) is 0 Å². The van der Waals surface area contributed by atoms with E-state index in [0.717, 1.165) is 19.3 Å². The molecule has 0 spiro atoms. The van der Waals surface area contributed by atoms with E-state index in [1.807, 2.05) is 24.3 Å². The summed E-state index contributed by atoms with van der Waals surface area (Å²) in [6.45, 7) is 0. The molecule has 0 amide bonds. The lowest BCUT2D eigenvalue weighted by atomic mass is 10.0. The van der Waals surface area contributed by atoms with Gasteiger partial charge in [0.15, 0.2) is 0 Å². The SMILES string of the molecule is COC(=O)CCCCCCCCCCc1ccc(C(=O)OC)cc1. The molecule has 0 unspecified atom stereocenters. The molecule has 0 radical (unpaired) electrons. The van der Waals surface area contributed by atoms with Gasteiger partial charge >= 0.3 is 11.9 Å². The molecule has 24 heavy (non-hydrogen) atoms. The summed E-state index contributed by atoms with van der Waals surface area (Å²) >= 11 is 0. The zero-order valence-electron chi connectivity index (χ0n) is 15.0. The molecule has 0 heterocycles. The number of benzene rings is 1. The van der Waals surface area contributed by atoms with E-state index < -0.39 is 0 Å². The van der Waals surface area contributed by atoms with Crippen LogP contribution in [0.5, 0.6) is 0 Å². The number of methoxy groups -OCH3 is 2. The molecule has 1 aromatic rings. The van der Waals surface area contributed by atoms with Gasteiger partial charge in [0.1, 0.15) is 0 Å². The molecule has 1 rings (SSSR count). The van der Waals surface area contributed by atoms with E-state index in [1.54, 1.807) is 0 Å². The summed E-state index contributed by atoms with van der Waals surface area (Å²) in [5, 5.41) is 0. The van der Waals surface area contributed by atoms with Crippen molar-refractivity contribution in [3.63, 3.8) is 0 Å². The van der Waals surface area contributed by atoms with Crippen molar-refractivity contribution >= 4 is 11.9 Å². The number of hydrogen-bond donors (Lipinski definition) is 0. The van der Waals surface area contributed by atoms with Crippen LogP contribution in [0.1, 0.15) is 73.7 Å². The lowest BCUT2D eigenvalue weighted by Gasteiger charge is -2.04. The molecule has 134 valence electrons. The van der Waals surface area contributed by atoms with E-state index in [2.05, 4.69) is 4.74 Å². The first kappa shape index (κ1) is 20.2. The zero-order chi connectivity index (χ0) is 17.6. The lowest BCUT2D eigenvalue weighted by Crippen LogP contribution is -2.00. The van der Waals surface area contributed by atoms with Crippen LogP contribution in [0.4, 0.5) is 0 Å². The Balaban J connectivity index is 1.98. The van der Waals surface area contributed by atoms with Crippen LogP contribution in [-0.2, 0) is 20.7 Å². The molecule has 0 atom stereocenters. The van der Waals surface area contributed by atoms with Crippen LogP contribution >= 0.6 is 0 Å². The summed E-state index contributed by atoms with van der Waals surface area (Å²) in [4.78, 5) is 22.3. The maximum absolute atomic E-state index is 11.4. The highest BCUT2D eigenvalue weighted by molar-refractivity contribution is 5.89. The molecular weight excluding hydrogens is 304 g/mol.